The van der Waals surface area contributed by atoms with E-state index in [0.29, 0.717) is 18.3 Å². The van der Waals surface area contributed by atoms with E-state index in [4.69, 9.17) is 0 Å². The van der Waals surface area contributed by atoms with Crippen molar-refractivity contribution in [3.8, 4) is 0 Å². The van der Waals surface area contributed by atoms with Gasteiger partial charge in [-0.25, -0.2) is 9.97 Å². The molecule has 118 valence electrons. The van der Waals surface area contributed by atoms with E-state index in [1.165, 1.54) is 0 Å². The van der Waals surface area contributed by atoms with E-state index in [0.717, 1.165) is 17.2 Å². The van der Waals surface area contributed by atoms with Crippen molar-refractivity contribution in [2.24, 2.45) is 5.92 Å². The molecule has 0 saturated carbocycles. The molecule has 21 heavy (non-hydrogen) atoms. The van der Waals surface area contributed by atoms with Crippen LogP contribution in [0.25, 0.3) is 0 Å². The van der Waals surface area contributed by atoms with E-state index in [1.807, 2.05) is 27.8 Å². The quantitative estimate of drug-likeness (QED) is 0.718. The Hall–Kier alpha value is -1.85. The summed E-state index contributed by atoms with van der Waals surface area (Å²) >= 11 is 0. The Kier molecular flexibility index (Phi) is 6.39. The minimum absolute atomic E-state index is 0.0289. The lowest BCUT2D eigenvalue weighted by molar-refractivity contribution is -0.119. The Labute approximate surface area is 127 Å². The van der Waals surface area contributed by atoms with Gasteiger partial charge in [0.15, 0.2) is 0 Å². The third kappa shape index (κ3) is 5.21. The van der Waals surface area contributed by atoms with Crippen molar-refractivity contribution >= 4 is 17.5 Å². The Bertz CT molecular complexity index is 485. The molecule has 0 bridgehead atoms. The summed E-state index contributed by atoms with van der Waals surface area (Å²) in [4.78, 5) is 20.8. The van der Waals surface area contributed by atoms with Crippen molar-refractivity contribution in [1.29, 1.82) is 0 Å². The first kappa shape index (κ1) is 17.2. The van der Waals surface area contributed by atoms with E-state index >= 15 is 0 Å². The van der Waals surface area contributed by atoms with Crippen molar-refractivity contribution < 1.29 is 4.79 Å². The van der Waals surface area contributed by atoms with Crippen LogP contribution in [0.2, 0.25) is 0 Å². The molecule has 0 aliphatic carbocycles. The molecule has 1 aromatic rings. The largest absolute Gasteiger partial charge is 0.373 e. The van der Waals surface area contributed by atoms with Crippen LogP contribution in [0.4, 0.5) is 11.6 Å². The smallest absolute Gasteiger partial charge is 0.239 e. The van der Waals surface area contributed by atoms with Crippen LogP contribution in [0.15, 0.2) is 0 Å². The average molecular weight is 293 g/mol. The van der Waals surface area contributed by atoms with Crippen molar-refractivity contribution in [3.63, 3.8) is 0 Å². The fourth-order valence-electron chi connectivity index (χ4n) is 1.75. The van der Waals surface area contributed by atoms with Gasteiger partial charge < -0.3 is 16.0 Å². The molecule has 0 fully saturated rings. The van der Waals surface area contributed by atoms with E-state index < -0.39 is 0 Å². The van der Waals surface area contributed by atoms with Gasteiger partial charge in [0.05, 0.1) is 6.54 Å². The number of anilines is 2. The first-order valence-corrected chi connectivity index (χ1v) is 7.42. The van der Waals surface area contributed by atoms with Crippen molar-refractivity contribution in [1.82, 2.24) is 15.3 Å². The van der Waals surface area contributed by atoms with E-state index in [-0.39, 0.29) is 18.4 Å². The lowest BCUT2D eigenvalue weighted by atomic mass is 10.2. The maximum Gasteiger partial charge on any atom is 0.239 e. The molecular weight excluding hydrogens is 266 g/mol. The van der Waals surface area contributed by atoms with Gasteiger partial charge in [-0.2, -0.15) is 0 Å². The highest BCUT2D eigenvalue weighted by atomic mass is 16.1. The van der Waals surface area contributed by atoms with Gasteiger partial charge in [-0.3, -0.25) is 4.79 Å². The van der Waals surface area contributed by atoms with Gasteiger partial charge in [0.2, 0.25) is 5.91 Å². The molecule has 1 rings (SSSR count). The number of nitrogens with one attached hydrogen (secondary N) is 3. The molecule has 0 atom stereocenters. The molecule has 1 aromatic heterocycles. The standard InChI is InChI=1S/C15H27N5O/c1-9(2)7-17-12(21)8-18-15-11(5)14(16-6)19-13(20-15)10(3)4/h9-10H,7-8H2,1-6H3,(H,17,21)(H2,16,18,19,20). The maximum absolute atomic E-state index is 11.8. The minimum Gasteiger partial charge on any atom is -0.373 e. The molecule has 6 heteroatoms. The summed E-state index contributed by atoms with van der Waals surface area (Å²) in [6.45, 7) is 11.1. The summed E-state index contributed by atoms with van der Waals surface area (Å²) in [5.41, 5.74) is 0.915. The molecule has 0 unspecified atom stereocenters. The highest BCUT2D eigenvalue weighted by molar-refractivity contribution is 5.80. The zero-order valence-electron chi connectivity index (χ0n) is 13.9. The molecule has 0 aromatic carbocycles. The summed E-state index contributed by atoms with van der Waals surface area (Å²) in [5.74, 6) is 2.90. The summed E-state index contributed by atoms with van der Waals surface area (Å²) in [6, 6.07) is 0. The molecule has 6 nitrogen and oxygen atoms in total. The van der Waals surface area contributed by atoms with Gasteiger partial charge in [0, 0.05) is 25.1 Å². The topological polar surface area (TPSA) is 78.9 Å². The molecule has 1 amide bonds. The predicted molar refractivity (Wildman–Crippen MR) is 86.7 cm³/mol. The second-order valence-electron chi connectivity index (χ2n) is 5.86. The number of hydrogen-bond donors (Lipinski definition) is 3. The van der Waals surface area contributed by atoms with Gasteiger partial charge in [-0.05, 0) is 12.8 Å². The number of hydrogen-bond acceptors (Lipinski definition) is 5. The van der Waals surface area contributed by atoms with Gasteiger partial charge in [0.1, 0.15) is 17.5 Å². The Morgan fingerprint density at radius 1 is 1.14 bits per heavy atom. The van der Waals surface area contributed by atoms with Crippen molar-refractivity contribution in [3.05, 3.63) is 11.4 Å². The van der Waals surface area contributed by atoms with Gasteiger partial charge >= 0.3 is 0 Å². The van der Waals surface area contributed by atoms with Crippen LogP contribution in [0.1, 0.15) is 45.0 Å². The minimum atomic E-state index is -0.0289. The van der Waals surface area contributed by atoms with E-state index in [2.05, 4.69) is 39.8 Å². The van der Waals surface area contributed by atoms with Crippen molar-refractivity contribution in [2.75, 3.05) is 30.8 Å². The van der Waals surface area contributed by atoms with Crippen LogP contribution in [0.3, 0.4) is 0 Å². The van der Waals surface area contributed by atoms with Crippen LogP contribution in [-0.4, -0.2) is 36.0 Å². The molecule has 0 saturated heterocycles. The van der Waals surface area contributed by atoms with Crippen LogP contribution >= 0.6 is 0 Å². The number of carbonyl (C=O) groups excluding carboxylic acids is 1. The highest BCUT2D eigenvalue weighted by Crippen LogP contribution is 2.22. The van der Waals surface area contributed by atoms with Crippen LogP contribution in [0.5, 0.6) is 0 Å². The first-order chi connectivity index (χ1) is 9.85. The number of amides is 1. The second-order valence-corrected chi connectivity index (χ2v) is 5.86. The summed E-state index contributed by atoms with van der Waals surface area (Å²) in [7, 11) is 1.83. The van der Waals surface area contributed by atoms with Gasteiger partial charge in [0.25, 0.3) is 0 Å². The Morgan fingerprint density at radius 3 is 2.29 bits per heavy atom. The molecule has 0 aliphatic rings. The third-order valence-electron chi connectivity index (χ3n) is 3.04. The molecule has 0 aliphatic heterocycles. The number of rotatable bonds is 7. The van der Waals surface area contributed by atoms with Gasteiger partial charge in [-0.15, -0.1) is 0 Å². The molecular formula is C15H27N5O. The second kappa shape index (κ2) is 7.81. The average Bonchev–Trinajstić information content (AvgIpc) is 2.43. The molecule has 0 radical (unpaired) electrons. The Balaban J connectivity index is 2.78. The molecule has 1 heterocycles. The zero-order valence-corrected chi connectivity index (χ0v) is 13.9. The SMILES string of the molecule is CNc1nc(C(C)C)nc(NCC(=O)NCC(C)C)c1C. The van der Waals surface area contributed by atoms with Gasteiger partial charge in [-0.1, -0.05) is 27.7 Å². The van der Waals surface area contributed by atoms with E-state index in [1.54, 1.807) is 0 Å². The zero-order chi connectivity index (χ0) is 16.0. The van der Waals surface area contributed by atoms with Crippen LogP contribution < -0.4 is 16.0 Å². The molecule has 0 spiro atoms. The fraction of sp³-hybridized carbons (Fsp3) is 0.667. The first-order valence-electron chi connectivity index (χ1n) is 7.42. The van der Waals surface area contributed by atoms with Crippen LogP contribution in [0, 0.1) is 12.8 Å². The predicted octanol–water partition coefficient (Wildman–Crippen LogP) is 2.13. The summed E-state index contributed by atoms with van der Waals surface area (Å²) < 4.78 is 0. The number of carbonyl (C=O) groups is 1. The normalized spacial score (nSPS) is 10.9. The lowest BCUT2D eigenvalue weighted by Crippen LogP contribution is -2.32. The molecule has 3 N–H and O–H groups in total. The van der Waals surface area contributed by atoms with Crippen LogP contribution in [-0.2, 0) is 4.79 Å². The summed E-state index contributed by atoms with van der Waals surface area (Å²) in [5, 5.41) is 9.05. The number of nitrogens with zero attached hydrogens (tertiary/aromatic N) is 2. The highest BCUT2D eigenvalue weighted by Gasteiger charge is 2.13. The Morgan fingerprint density at radius 2 is 1.76 bits per heavy atom. The van der Waals surface area contributed by atoms with Crippen molar-refractivity contribution in [2.45, 2.75) is 40.5 Å². The third-order valence-corrected chi connectivity index (χ3v) is 3.04. The summed E-state index contributed by atoms with van der Waals surface area (Å²) in [6.07, 6.45) is 0. The maximum atomic E-state index is 11.8. The van der Waals surface area contributed by atoms with E-state index in [9.17, 15) is 4.79 Å². The lowest BCUT2D eigenvalue weighted by Gasteiger charge is -2.15. The fourth-order valence-corrected chi connectivity index (χ4v) is 1.75. The number of aromatic nitrogens is 2. The monoisotopic (exact) mass is 293 g/mol.